The van der Waals surface area contributed by atoms with Crippen LogP contribution in [0.4, 0.5) is 0 Å². The van der Waals surface area contributed by atoms with Crippen LogP contribution in [0.15, 0.2) is 97.1 Å². The first kappa shape index (κ1) is 23.9. The van der Waals surface area contributed by atoms with Gasteiger partial charge >= 0.3 is 5.97 Å². The van der Waals surface area contributed by atoms with E-state index >= 15 is 0 Å². The molecular weight excluding hydrogens is 490 g/mol. The molecule has 3 aromatic carbocycles. The van der Waals surface area contributed by atoms with Crippen LogP contribution in [0, 0.1) is 35.5 Å². The maximum atomic E-state index is 13.8. The van der Waals surface area contributed by atoms with E-state index in [4.69, 9.17) is 9.47 Å². The Kier molecular flexibility index (Phi) is 5.84. The van der Waals surface area contributed by atoms with Gasteiger partial charge in [-0.15, -0.1) is 0 Å². The summed E-state index contributed by atoms with van der Waals surface area (Å²) in [7, 11) is 0. The zero-order valence-corrected chi connectivity index (χ0v) is 21.4. The summed E-state index contributed by atoms with van der Waals surface area (Å²) in [6, 6.07) is 25.1. The number of allylic oxidation sites excluding steroid dienone is 2. The van der Waals surface area contributed by atoms with Gasteiger partial charge in [-0.05, 0) is 65.5 Å². The summed E-state index contributed by atoms with van der Waals surface area (Å²) < 4.78 is 11.6. The number of hydrogen-bond acceptors (Lipinski definition) is 5. The molecule has 6 nitrogen and oxygen atoms in total. The minimum absolute atomic E-state index is 0.100. The van der Waals surface area contributed by atoms with Gasteiger partial charge in [0.05, 0.1) is 11.8 Å². The van der Waals surface area contributed by atoms with Crippen molar-refractivity contribution in [1.29, 1.82) is 0 Å². The second kappa shape index (κ2) is 9.53. The standard InChI is InChI=1S/C33H29NO5/c35-31-29-24-15-16-25(27-18-26(24)27)30(29)32(36)34(31)28(17-20-7-3-1-4-8-20)33(37)39-23-13-11-22(12-14-23)38-19-21-9-5-2-6-10-21/h1-16,24-30H,17-19H2/t24-,25-,26-,27-,28+,29-,30+/m1/s1. The number of imide groups is 1. The van der Waals surface area contributed by atoms with E-state index in [1.54, 1.807) is 24.3 Å². The van der Waals surface area contributed by atoms with Gasteiger partial charge in [0.25, 0.3) is 0 Å². The third-order valence-electron chi connectivity index (χ3n) is 8.84. The lowest BCUT2D eigenvalue weighted by atomic mass is 9.63. The lowest BCUT2D eigenvalue weighted by molar-refractivity contribution is -0.153. The predicted molar refractivity (Wildman–Crippen MR) is 143 cm³/mol. The van der Waals surface area contributed by atoms with Crippen molar-refractivity contribution in [2.75, 3.05) is 0 Å². The van der Waals surface area contributed by atoms with Gasteiger partial charge in [0.2, 0.25) is 11.8 Å². The van der Waals surface area contributed by atoms with Crippen LogP contribution in [-0.4, -0.2) is 28.7 Å². The molecule has 2 amide bonds. The number of esters is 1. The first-order chi connectivity index (χ1) is 19.1. The lowest BCUT2D eigenvalue weighted by Gasteiger charge is -2.37. The fraction of sp³-hybridized carbons (Fsp3) is 0.303. The second-order valence-electron chi connectivity index (χ2n) is 11.1. The maximum Gasteiger partial charge on any atom is 0.335 e. The smallest absolute Gasteiger partial charge is 0.335 e. The van der Waals surface area contributed by atoms with E-state index in [0.29, 0.717) is 29.9 Å². The van der Waals surface area contributed by atoms with E-state index in [0.717, 1.165) is 17.5 Å². The van der Waals surface area contributed by atoms with Crippen molar-refractivity contribution in [2.24, 2.45) is 35.5 Å². The van der Waals surface area contributed by atoms with Crippen LogP contribution >= 0.6 is 0 Å². The second-order valence-corrected chi connectivity index (χ2v) is 11.1. The van der Waals surface area contributed by atoms with Crippen molar-refractivity contribution in [3.05, 3.63) is 108 Å². The number of rotatable bonds is 8. The van der Waals surface area contributed by atoms with Gasteiger partial charge in [-0.1, -0.05) is 72.8 Å². The summed E-state index contributed by atoms with van der Waals surface area (Å²) in [6.45, 7) is 0.430. The zero-order valence-electron chi connectivity index (χ0n) is 21.4. The Balaban J connectivity index is 1.10. The number of ether oxygens (including phenoxy) is 2. The minimum atomic E-state index is -1.03. The molecule has 1 aliphatic heterocycles. The van der Waals surface area contributed by atoms with Crippen molar-refractivity contribution >= 4 is 17.8 Å². The van der Waals surface area contributed by atoms with Crippen LogP contribution in [0.1, 0.15) is 17.5 Å². The quantitative estimate of drug-likeness (QED) is 0.184. The van der Waals surface area contributed by atoms with Crippen LogP contribution < -0.4 is 9.47 Å². The van der Waals surface area contributed by atoms with E-state index in [1.165, 1.54) is 4.90 Å². The SMILES string of the molecule is O=C(Oc1ccc(OCc2ccccc2)cc1)[C@H](Cc1ccccc1)N1C(=O)[C@@H]2[C@@H]3C=C[C@H]([C@H]4C[C@H]34)[C@@H]2C1=O. The molecule has 6 heteroatoms. The Hall–Kier alpha value is -4.19. The third-order valence-corrected chi connectivity index (χ3v) is 8.84. The van der Waals surface area contributed by atoms with Crippen LogP contribution in [0.25, 0.3) is 0 Å². The van der Waals surface area contributed by atoms with Crippen LogP contribution in [0.3, 0.4) is 0 Å². The fourth-order valence-corrected chi connectivity index (χ4v) is 6.93. The first-order valence-electron chi connectivity index (χ1n) is 13.7. The number of likely N-dealkylation sites (tertiary alicyclic amines) is 1. The molecule has 2 saturated carbocycles. The van der Waals surface area contributed by atoms with Crippen molar-refractivity contribution in [1.82, 2.24) is 4.90 Å². The summed E-state index contributed by atoms with van der Waals surface area (Å²) in [5.74, 6) is 0.412. The van der Waals surface area contributed by atoms with Gasteiger partial charge in [-0.25, -0.2) is 4.79 Å². The van der Waals surface area contributed by atoms with Crippen LogP contribution in [0.2, 0.25) is 0 Å². The molecule has 196 valence electrons. The van der Waals surface area contributed by atoms with E-state index in [9.17, 15) is 14.4 Å². The number of benzene rings is 3. The molecule has 5 aliphatic rings. The molecule has 0 N–H and O–H groups in total. The molecule has 0 radical (unpaired) electrons. The molecule has 0 unspecified atom stereocenters. The van der Waals surface area contributed by atoms with Gasteiger partial charge in [0.15, 0.2) is 0 Å². The number of carbonyl (C=O) groups is 3. The Labute approximate surface area is 227 Å². The fourth-order valence-electron chi connectivity index (χ4n) is 6.93. The normalized spacial score (nSPS) is 28.6. The summed E-state index contributed by atoms with van der Waals surface area (Å²) in [5, 5.41) is 0. The molecule has 0 spiro atoms. The molecule has 3 aromatic rings. The molecule has 0 aromatic heterocycles. The Morgan fingerprint density at radius 3 is 1.87 bits per heavy atom. The topological polar surface area (TPSA) is 72.9 Å². The molecule has 7 atom stereocenters. The Morgan fingerprint density at radius 1 is 0.744 bits per heavy atom. The van der Waals surface area contributed by atoms with Gasteiger partial charge in [0, 0.05) is 6.42 Å². The zero-order chi connectivity index (χ0) is 26.5. The molecule has 3 fully saturated rings. The van der Waals surface area contributed by atoms with Crippen molar-refractivity contribution in [3.63, 3.8) is 0 Å². The van der Waals surface area contributed by atoms with Crippen LogP contribution in [-0.2, 0) is 27.4 Å². The predicted octanol–water partition coefficient (Wildman–Crippen LogP) is 4.84. The highest BCUT2D eigenvalue weighted by atomic mass is 16.5. The molecule has 8 rings (SSSR count). The molecule has 2 bridgehead atoms. The van der Waals surface area contributed by atoms with E-state index in [1.807, 2.05) is 60.7 Å². The summed E-state index contributed by atoms with van der Waals surface area (Å²) in [4.78, 5) is 42.4. The highest BCUT2D eigenvalue weighted by Gasteiger charge is 2.68. The molecule has 39 heavy (non-hydrogen) atoms. The summed E-state index contributed by atoms with van der Waals surface area (Å²) in [5.41, 5.74) is 1.92. The highest BCUT2D eigenvalue weighted by Crippen LogP contribution is 2.65. The summed E-state index contributed by atoms with van der Waals surface area (Å²) in [6.07, 6.45) is 5.59. The van der Waals surface area contributed by atoms with Gasteiger partial charge in [0.1, 0.15) is 24.1 Å². The minimum Gasteiger partial charge on any atom is -0.489 e. The van der Waals surface area contributed by atoms with Crippen molar-refractivity contribution in [2.45, 2.75) is 25.5 Å². The van der Waals surface area contributed by atoms with Crippen molar-refractivity contribution in [3.8, 4) is 11.5 Å². The lowest BCUT2D eigenvalue weighted by Crippen LogP contribution is -2.48. The number of hydrogen-bond donors (Lipinski definition) is 0. The maximum absolute atomic E-state index is 13.8. The van der Waals surface area contributed by atoms with E-state index < -0.39 is 12.0 Å². The third kappa shape index (κ3) is 4.24. The van der Waals surface area contributed by atoms with Gasteiger partial charge < -0.3 is 9.47 Å². The summed E-state index contributed by atoms with van der Waals surface area (Å²) >= 11 is 0. The van der Waals surface area contributed by atoms with Gasteiger partial charge in [-0.2, -0.15) is 0 Å². The Morgan fingerprint density at radius 2 is 1.28 bits per heavy atom. The molecule has 1 heterocycles. The number of amides is 2. The van der Waals surface area contributed by atoms with Crippen LogP contribution in [0.5, 0.6) is 11.5 Å². The molecule has 4 aliphatic carbocycles. The average Bonchev–Trinajstić information content (AvgIpc) is 3.76. The molecule has 1 saturated heterocycles. The van der Waals surface area contributed by atoms with E-state index in [-0.39, 0.29) is 41.9 Å². The number of nitrogens with zero attached hydrogens (tertiary/aromatic N) is 1. The van der Waals surface area contributed by atoms with Crippen molar-refractivity contribution < 1.29 is 23.9 Å². The average molecular weight is 520 g/mol. The van der Waals surface area contributed by atoms with E-state index in [2.05, 4.69) is 12.2 Å². The Bertz CT molecular complexity index is 1400. The first-order valence-corrected chi connectivity index (χ1v) is 13.7. The molecular formula is C33H29NO5. The highest BCUT2D eigenvalue weighted by molar-refractivity contribution is 6.09. The largest absolute Gasteiger partial charge is 0.489 e. The monoisotopic (exact) mass is 519 g/mol. The number of carbonyl (C=O) groups excluding carboxylic acids is 3. The van der Waals surface area contributed by atoms with Gasteiger partial charge in [-0.3, -0.25) is 14.5 Å².